The third-order valence-corrected chi connectivity index (χ3v) is 4.65. The fourth-order valence-corrected chi connectivity index (χ4v) is 3.31. The number of anilines is 1. The number of ether oxygens (including phenoxy) is 1. The number of likely N-dealkylation sites (N-methyl/N-ethyl adjacent to an activating group) is 1. The van der Waals surface area contributed by atoms with Crippen LogP contribution in [0, 0.1) is 0 Å². The number of nitrogens with zero attached hydrogens (tertiary/aromatic N) is 1. The standard InChI is InChI=1S/C17H24N2O2/c1-3-14(16-5-4-10-21-16)18-17(20)13-7-6-12-8-9-19(2)15(12)11-13/h6-7,11,14,16H,3-5,8-10H2,1-2H3,(H,18,20)/t14-,16+/m0/s1. The fraction of sp³-hybridized carbons (Fsp3) is 0.588. The maximum atomic E-state index is 12.5. The van der Waals surface area contributed by atoms with Gasteiger partial charge in [-0.1, -0.05) is 13.0 Å². The maximum Gasteiger partial charge on any atom is 0.251 e. The van der Waals surface area contributed by atoms with Gasteiger partial charge in [-0.05, 0) is 43.4 Å². The number of nitrogens with one attached hydrogen (secondary N) is 1. The van der Waals surface area contributed by atoms with E-state index in [9.17, 15) is 4.79 Å². The average Bonchev–Trinajstić information content (AvgIpc) is 3.15. The summed E-state index contributed by atoms with van der Waals surface area (Å²) in [5.74, 6) is 0.0143. The first-order valence-electron chi connectivity index (χ1n) is 7.95. The molecule has 2 aliphatic heterocycles. The lowest BCUT2D eigenvalue weighted by atomic mass is 10.0. The molecule has 2 aliphatic rings. The molecule has 3 rings (SSSR count). The van der Waals surface area contributed by atoms with Crippen molar-refractivity contribution in [3.05, 3.63) is 29.3 Å². The molecular formula is C17H24N2O2. The summed E-state index contributed by atoms with van der Waals surface area (Å²) in [6.45, 7) is 3.96. The monoisotopic (exact) mass is 288 g/mol. The molecule has 0 spiro atoms. The van der Waals surface area contributed by atoms with Crippen molar-refractivity contribution in [3.63, 3.8) is 0 Å². The Labute approximate surface area is 126 Å². The van der Waals surface area contributed by atoms with Crippen LogP contribution in [-0.4, -0.2) is 38.3 Å². The van der Waals surface area contributed by atoms with Crippen molar-refractivity contribution in [2.45, 2.75) is 44.8 Å². The molecule has 2 heterocycles. The average molecular weight is 288 g/mol. The van der Waals surface area contributed by atoms with E-state index in [4.69, 9.17) is 4.74 Å². The second-order valence-corrected chi connectivity index (χ2v) is 6.05. The zero-order valence-corrected chi connectivity index (χ0v) is 12.9. The lowest BCUT2D eigenvalue weighted by molar-refractivity contribution is 0.0665. The Morgan fingerprint density at radius 3 is 3.10 bits per heavy atom. The molecule has 0 unspecified atom stereocenters. The van der Waals surface area contributed by atoms with Gasteiger partial charge >= 0.3 is 0 Å². The van der Waals surface area contributed by atoms with E-state index < -0.39 is 0 Å². The van der Waals surface area contributed by atoms with E-state index >= 15 is 0 Å². The van der Waals surface area contributed by atoms with Gasteiger partial charge in [-0.15, -0.1) is 0 Å². The molecule has 0 aromatic heterocycles. The highest BCUT2D eigenvalue weighted by atomic mass is 16.5. The van der Waals surface area contributed by atoms with Crippen LogP contribution in [0.2, 0.25) is 0 Å². The Hall–Kier alpha value is -1.55. The summed E-state index contributed by atoms with van der Waals surface area (Å²) in [6, 6.07) is 6.15. The number of fused-ring (bicyclic) bond motifs is 1. The first-order valence-corrected chi connectivity index (χ1v) is 7.95. The van der Waals surface area contributed by atoms with Crippen molar-refractivity contribution >= 4 is 11.6 Å². The van der Waals surface area contributed by atoms with Gasteiger partial charge in [0.05, 0.1) is 12.1 Å². The lowest BCUT2D eigenvalue weighted by Gasteiger charge is -2.23. The second kappa shape index (κ2) is 6.06. The number of carbonyl (C=O) groups excluding carboxylic acids is 1. The maximum absolute atomic E-state index is 12.5. The van der Waals surface area contributed by atoms with Crippen LogP contribution in [0.4, 0.5) is 5.69 Å². The molecule has 2 atom stereocenters. The predicted molar refractivity (Wildman–Crippen MR) is 83.9 cm³/mol. The number of hydrogen-bond donors (Lipinski definition) is 1. The molecule has 1 saturated heterocycles. The van der Waals surface area contributed by atoms with Gasteiger partial charge in [0.1, 0.15) is 0 Å². The second-order valence-electron chi connectivity index (χ2n) is 6.05. The Kier molecular flexibility index (Phi) is 4.15. The highest BCUT2D eigenvalue weighted by Crippen LogP contribution is 2.27. The molecule has 0 aliphatic carbocycles. The van der Waals surface area contributed by atoms with E-state index in [1.807, 2.05) is 12.1 Å². The molecule has 4 heteroatoms. The van der Waals surface area contributed by atoms with Gasteiger partial charge in [-0.3, -0.25) is 4.79 Å². The van der Waals surface area contributed by atoms with Gasteiger partial charge in [0.2, 0.25) is 0 Å². The first kappa shape index (κ1) is 14.4. The molecule has 0 saturated carbocycles. The van der Waals surface area contributed by atoms with Crippen LogP contribution in [0.5, 0.6) is 0 Å². The molecule has 1 amide bonds. The highest BCUT2D eigenvalue weighted by molar-refractivity contribution is 5.95. The third-order valence-electron chi connectivity index (χ3n) is 4.65. The highest BCUT2D eigenvalue weighted by Gasteiger charge is 2.26. The van der Waals surface area contributed by atoms with E-state index in [1.54, 1.807) is 0 Å². The summed E-state index contributed by atoms with van der Waals surface area (Å²) in [7, 11) is 2.08. The van der Waals surface area contributed by atoms with E-state index in [-0.39, 0.29) is 18.1 Å². The summed E-state index contributed by atoms with van der Waals surface area (Å²) >= 11 is 0. The molecule has 114 valence electrons. The van der Waals surface area contributed by atoms with Crippen LogP contribution in [-0.2, 0) is 11.2 Å². The van der Waals surface area contributed by atoms with Crippen LogP contribution in [0.15, 0.2) is 18.2 Å². The minimum Gasteiger partial charge on any atom is -0.376 e. The summed E-state index contributed by atoms with van der Waals surface area (Å²) in [5.41, 5.74) is 3.27. The van der Waals surface area contributed by atoms with Crippen molar-refractivity contribution < 1.29 is 9.53 Å². The molecule has 1 aromatic carbocycles. The molecule has 1 fully saturated rings. The first-order chi connectivity index (χ1) is 10.2. The number of hydrogen-bond acceptors (Lipinski definition) is 3. The Bertz CT molecular complexity index is 524. The SMILES string of the molecule is CC[C@H](NC(=O)c1ccc2c(c1)N(C)CC2)[C@H]1CCCO1. The molecule has 21 heavy (non-hydrogen) atoms. The van der Waals surface area contributed by atoms with E-state index in [2.05, 4.69) is 30.3 Å². The largest absolute Gasteiger partial charge is 0.376 e. The third kappa shape index (κ3) is 2.91. The van der Waals surface area contributed by atoms with Crippen molar-refractivity contribution in [2.24, 2.45) is 0 Å². The number of amides is 1. The number of rotatable bonds is 4. The lowest BCUT2D eigenvalue weighted by Crippen LogP contribution is -2.42. The van der Waals surface area contributed by atoms with Gasteiger partial charge in [0.15, 0.2) is 0 Å². The molecule has 0 bridgehead atoms. The van der Waals surface area contributed by atoms with Crippen molar-refractivity contribution in [1.29, 1.82) is 0 Å². The molecular weight excluding hydrogens is 264 g/mol. The number of carbonyl (C=O) groups is 1. The van der Waals surface area contributed by atoms with Crippen LogP contribution in [0.25, 0.3) is 0 Å². The smallest absolute Gasteiger partial charge is 0.251 e. The van der Waals surface area contributed by atoms with Crippen molar-refractivity contribution in [2.75, 3.05) is 25.1 Å². The van der Waals surface area contributed by atoms with Crippen LogP contribution < -0.4 is 10.2 Å². The molecule has 0 radical (unpaired) electrons. The normalized spacial score (nSPS) is 22.2. The van der Waals surface area contributed by atoms with Crippen molar-refractivity contribution in [3.8, 4) is 0 Å². The van der Waals surface area contributed by atoms with E-state index in [1.165, 1.54) is 11.3 Å². The minimum absolute atomic E-state index is 0.0143. The van der Waals surface area contributed by atoms with Gasteiger partial charge in [-0.2, -0.15) is 0 Å². The summed E-state index contributed by atoms with van der Waals surface area (Å²) in [4.78, 5) is 14.7. The fourth-order valence-electron chi connectivity index (χ4n) is 3.31. The topological polar surface area (TPSA) is 41.6 Å². The Morgan fingerprint density at radius 2 is 2.38 bits per heavy atom. The molecule has 4 nitrogen and oxygen atoms in total. The quantitative estimate of drug-likeness (QED) is 0.925. The Morgan fingerprint density at radius 1 is 1.52 bits per heavy atom. The summed E-state index contributed by atoms with van der Waals surface area (Å²) in [5, 5.41) is 3.15. The van der Waals surface area contributed by atoms with E-state index in [0.29, 0.717) is 0 Å². The predicted octanol–water partition coefficient (Wildman–Crippen LogP) is 2.37. The zero-order chi connectivity index (χ0) is 14.8. The van der Waals surface area contributed by atoms with Crippen LogP contribution in [0.1, 0.15) is 42.1 Å². The van der Waals surface area contributed by atoms with Crippen LogP contribution >= 0.6 is 0 Å². The molecule has 1 N–H and O–H groups in total. The minimum atomic E-state index is 0.0143. The zero-order valence-electron chi connectivity index (χ0n) is 12.9. The Balaban J connectivity index is 1.71. The van der Waals surface area contributed by atoms with E-state index in [0.717, 1.165) is 44.4 Å². The van der Waals surface area contributed by atoms with Gasteiger partial charge in [0.25, 0.3) is 5.91 Å². The molecule has 1 aromatic rings. The summed E-state index contributed by atoms with van der Waals surface area (Å²) < 4.78 is 5.71. The summed E-state index contributed by atoms with van der Waals surface area (Å²) in [6.07, 6.45) is 4.30. The van der Waals surface area contributed by atoms with Crippen molar-refractivity contribution in [1.82, 2.24) is 5.32 Å². The number of benzene rings is 1. The van der Waals surface area contributed by atoms with Gasteiger partial charge < -0.3 is 15.0 Å². The van der Waals surface area contributed by atoms with Crippen LogP contribution in [0.3, 0.4) is 0 Å². The van der Waals surface area contributed by atoms with Gasteiger partial charge in [0, 0.05) is 31.5 Å². The van der Waals surface area contributed by atoms with Gasteiger partial charge in [-0.25, -0.2) is 0 Å².